The summed E-state index contributed by atoms with van der Waals surface area (Å²) >= 11 is 0. The third-order valence-electron chi connectivity index (χ3n) is 3.82. The van der Waals surface area contributed by atoms with Gasteiger partial charge >= 0.3 is 6.03 Å². The van der Waals surface area contributed by atoms with Gasteiger partial charge in [0.1, 0.15) is 5.69 Å². The number of urea groups is 1. The number of benzene rings is 1. The summed E-state index contributed by atoms with van der Waals surface area (Å²) in [5.74, 6) is 0.715. The van der Waals surface area contributed by atoms with E-state index in [1.807, 2.05) is 42.5 Å². The van der Waals surface area contributed by atoms with E-state index in [0.717, 1.165) is 24.1 Å². The monoisotopic (exact) mass is 335 g/mol. The highest BCUT2D eigenvalue weighted by Gasteiger charge is 2.05. The molecule has 0 radical (unpaired) electrons. The summed E-state index contributed by atoms with van der Waals surface area (Å²) < 4.78 is 5.34. The predicted octanol–water partition coefficient (Wildman–Crippen LogP) is 3.77. The lowest BCUT2D eigenvalue weighted by atomic mass is 10.1. The van der Waals surface area contributed by atoms with Crippen molar-refractivity contribution in [2.24, 2.45) is 0 Å². The molecule has 3 aromatic rings. The molecule has 0 unspecified atom stereocenters. The number of furan rings is 1. The van der Waals surface area contributed by atoms with Gasteiger partial charge in [-0.15, -0.1) is 0 Å². The average molecular weight is 335 g/mol. The number of rotatable bonds is 7. The number of carbonyl (C=O) groups is 1. The topological polar surface area (TPSA) is 67.2 Å². The first kappa shape index (κ1) is 16.8. The standard InChI is InChI=1S/C20H21N3O2/c24-20(22-11-4-8-16-6-2-1-3-7-16)23-15-17-10-12-21-18(14-17)19-9-5-13-25-19/h1-3,5-7,9-10,12-14H,4,8,11,15H2,(H2,22,23,24). The Bertz CT molecular complexity index is 786. The van der Waals surface area contributed by atoms with Crippen molar-refractivity contribution in [2.75, 3.05) is 6.54 Å². The number of aromatic nitrogens is 1. The molecule has 0 atom stereocenters. The van der Waals surface area contributed by atoms with E-state index in [0.29, 0.717) is 18.8 Å². The Hall–Kier alpha value is -3.08. The van der Waals surface area contributed by atoms with Crippen molar-refractivity contribution in [3.05, 3.63) is 78.2 Å². The summed E-state index contributed by atoms with van der Waals surface area (Å²) in [6.07, 6.45) is 5.20. The van der Waals surface area contributed by atoms with Crippen LogP contribution < -0.4 is 10.6 Å². The van der Waals surface area contributed by atoms with Gasteiger partial charge in [0, 0.05) is 19.3 Å². The first-order chi connectivity index (χ1) is 12.3. The smallest absolute Gasteiger partial charge is 0.315 e. The maximum atomic E-state index is 11.9. The summed E-state index contributed by atoms with van der Waals surface area (Å²) in [6, 6.07) is 17.6. The highest BCUT2D eigenvalue weighted by Crippen LogP contribution is 2.17. The molecule has 2 amide bonds. The van der Waals surface area contributed by atoms with E-state index in [1.54, 1.807) is 12.5 Å². The van der Waals surface area contributed by atoms with E-state index >= 15 is 0 Å². The molecule has 0 aliphatic heterocycles. The van der Waals surface area contributed by atoms with Crippen molar-refractivity contribution in [3.8, 4) is 11.5 Å². The number of aryl methyl sites for hydroxylation is 1. The van der Waals surface area contributed by atoms with E-state index in [1.165, 1.54) is 5.56 Å². The Balaban J connectivity index is 1.39. The van der Waals surface area contributed by atoms with Crippen LogP contribution in [0.15, 0.2) is 71.5 Å². The normalized spacial score (nSPS) is 10.4. The fourth-order valence-electron chi connectivity index (χ4n) is 2.53. The van der Waals surface area contributed by atoms with Gasteiger partial charge in [0.05, 0.1) is 6.26 Å². The summed E-state index contributed by atoms with van der Waals surface area (Å²) in [4.78, 5) is 16.2. The molecule has 0 saturated carbocycles. The molecule has 1 aromatic carbocycles. The van der Waals surface area contributed by atoms with E-state index in [2.05, 4.69) is 27.8 Å². The van der Waals surface area contributed by atoms with E-state index < -0.39 is 0 Å². The molecule has 3 rings (SSSR count). The van der Waals surface area contributed by atoms with Crippen molar-refractivity contribution in [2.45, 2.75) is 19.4 Å². The van der Waals surface area contributed by atoms with E-state index in [9.17, 15) is 4.79 Å². The zero-order chi connectivity index (χ0) is 17.3. The number of hydrogen-bond acceptors (Lipinski definition) is 3. The molecule has 2 N–H and O–H groups in total. The van der Waals surface area contributed by atoms with Crippen LogP contribution in [0.5, 0.6) is 0 Å². The van der Waals surface area contributed by atoms with Gasteiger partial charge in [-0.25, -0.2) is 4.79 Å². The third-order valence-corrected chi connectivity index (χ3v) is 3.82. The fraction of sp³-hybridized carbons (Fsp3) is 0.200. The minimum atomic E-state index is -0.163. The molecule has 5 nitrogen and oxygen atoms in total. The van der Waals surface area contributed by atoms with Gasteiger partial charge in [-0.3, -0.25) is 4.98 Å². The Labute approximate surface area is 147 Å². The number of carbonyl (C=O) groups excluding carboxylic acids is 1. The molecule has 0 saturated heterocycles. The van der Waals surface area contributed by atoms with Crippen LogP contribution in [0.1, 0.15) is 17.5 Å². The molecule has 2 aromatic heterocycles. The lowest BCUT2D eigenvalue weighted by Gasteiger charge is -2.08. The largest absolute Gasteiger partial charge is 0.463 e. The molecule has 0 aliphatic rings. The van der Waals surface area contributed by atoms with Crippen molar-refractivity contribution in [3.63, 3.8) is 0 Å². The minimum Gasteiger partial charge on any atom is -0.463 e. The minimum absolute atomic E-state index is 0.163. The Morgan fingerprint density at radius 1 is 1.00 bits per heavy atom. The molecule has 0 fully saturated rings. The number of hydrogen-bond donors (Lipinski definition) is 2. The Morgan fingerprint density at radius 3 is 2.68 bits per heavy atom. The summed E-state index contributed by atoms with van der Waals surface area (Å²) in [5.41, 5.74) is 3.01. The average Bonchev–Trinajstić information content (AvgIpc) is 3.19. The molecule has 25 heavy (non-hydrogen) atoms. The van der Waals surface area contributed by atoms with Crippen molar-refractivity contribution in [1.82, 2.24) is 15.6 Å². The van der Waals surface area contributed by atoms with Gasteiger partial charge in [-0.05, 0) is 48.2 Å². The second-order valence-electron chi connectivity index (χ2n) is 5.73. The number of amides is 2. The highest BCUT2D eigenvalue weighted by atomic mass is 16.3. The quantitative estimate of drug-likeness (QED) is 0.646. The second kappa shape index (κ2) is 8.68. The zero-order valence-electron chi connectivity index (χ0n) is 13.9. The van der Waals surface area contributed by atoms with Crippen LogP contribution in [-0.4, -0.2) is 17.6 Å². The lowest BCUT2D eigenvalue weighted by Crippen LogP contribution is -2.35. The lowest BCUT2D eigenvalue weighted by molar-refractivity contribution is 0.240. The van der Waals surface area contributed by atoms with Gasteiger partial charge in [0.2, 0.25) is 0 Å². The Morgan fingerprint density at radius 2 is 1.88 bits per heavy atom. The van der Waals surface area contributed by atoms with Crippen LogP contribution in [-0.2, 0) is 13.0 Å². The first-order valence-electron chi connectivity index (χ1n) is 8.36. The molecular weight excluding hydrogens is 314 g/mol. The maximum Gasteiger partial charge on any atom is 0.315 e. The summed E-state index contributed by atoms with van der Waals surface area (Å²) in [6.45, 7) is 1.09. The van der Waals surface area contributed by atoms with E-state index in [-0.39, 0.29) is 6.03 Å². The van der Waals surface area contributed by atoms with E-state index in [4.69, 9.17) is 4.42 Å². The SMILES string of the molecule is O=C(NCCCc1ccccc1)NCc1ccnc(-c2ccco2)c1. The molecule has 128 valence electrons. The zero-order valence-corrected chi connectivity index (χ0v) is 13.9. The van der Waals surface area contributed by atoms with Crippen LogP contribution in [0.3, 0.4) is 0 Å². The van der Waals surface area contributed by atoms with Crippen LogP contribution in [0.25, 0.3) is 11.5 Å². The highest BCUT2D eigenvalue weighted by molar-refractivity contribution is 5.73. The molecule has 0 bridgehead atoms. The van der Waals surface area contributed by atoms with Gasteiger partial charge in [-0.1, -0.05) is 30.3 Å². The fourth-order valence-corrected chi connectivity index (χ4v) is 2.53. The molecule has 0 spiro atoms. The summed E-state index contributed by atoms with van der Waals surface area (Å²) in [7, 11) is 0. The van der Waals surface area contributed by atoms with Gasteiger partial charge in [0.25, 0.3) is 0 Å². The number of nitrogens with zero attached hydrogens (tertiary/aromatic N) is 1. The number of pyridine rings is 1. The second-order valence-corrected chi connectivity index (χ2v) is 5.73. The van der Waals surface area contributed by atoms with Crippen molar-refractivity contribution < 1.29 is 9.21 Å². The summed E-state index contributed by atoms with van der Waals surface area (Å²) in [5, 5.41) is 5.74. The van der Waals surface area contributed by atoms with Crippen LogP contribution in [0, 0.1) is 0 Å². The van der Waals surface area contributed by atoms with Crippen molar-refractivity contribution in [1.29, 1.82) is 0 Å². The molecular formula is C20H21N3O2. The molecule has 0 aliphatic carbocycles. The van der Waals surface area contributed by atoms with Gasteiger partial charge in [0.15, 0.2) is 5.76 Å². The number of nitrogens with one attached hydrogen (secondary N) is 2. The Kier molecular flexibility index (Phi) is 5.82. The predicted molar refractivity (Wildman–Crippen MR) is 96.9 cm³/mol. The van der Waals surface area contributed by atoms with Crippen LogP contribution >= 0.6 is 0 Å². The van der Waals surface area contributed by atoms with Crippen LogP contribution in [0.4, 0.5) is 4.79 Å². The van der Waals surface area contributed by atoms with Gasteiger partial charge in [-0.2, -0.15) is 0 Å². The molecule has 2 heterocycles. The van der Waals surface area contributed by atoms with Crippen molar-refractivity contribution >= 4 is 6.03 Å². The first-order valence-corrected chi connectivity index (χ1v) is 8.36. The van der Waals surface area contributed by atoms with Gasteiger partial charge < -0.3 is 15.1 Å². The third kappa shape index (κ3) is 5.21. The maximum absolute atomic E-state index is 11.9. The van der Waals surface area contributed by atoms with Crippen LogP contribution in [0.2, 0.25) is 0 Å². The molecule has 5 heteroatoms.